The van der Waals surface area contributed by atoms with E-state index in [9.17, 15) is 9.59 Å². The Hall–Kier alpha value is -3.89. The van der Waals surface area contributed by atoms with Crippen molar-refractivity contribution in [3.05, 3.63) is 65.2 Å². The largest absolute Gasteiger partial charge is 0.454 e. The minimum Gasteiger partial charge on any atom is -0.454 e. The molecular formula is C28H30ClN5O5. The van der Waals surface area contributed by atoms with Crippen LogP contribution in [0.25, 0.3) is 11.3 Å². The minimum atomic E-state index is -0.260. The van der Waals surface area contributed by atoms with Gasteiger partial charge in [-0.2, -0.15) is 0 Å². The fraction of sp³-hybridized carbons (Fsp3) is 0.357. The molecule has 204 valence electrons. The Balaban J connectivity index is 1.21. The fourth-order valence-electron chi connectivity index (χ4n) is 4.63. The SMILES string of the molecule is COCCN(CC(=O)N1CCCN(c2ccc(-c3ccccc3Cl)nn2)CC1)C(=O)c1ccc2c(c1)OCO2. The van der Waals surface area contributed by atoms with E-state index in [0.717, 1.165) is 24.3 Å². The summed E-state index contributed by atoms with van der Waals surface area (Å²) < 4.78 is 15.9. The summed E-state index contributed by atoms with van der Waals surface area (Å²) in [7, 11) is 1.57. The topological polar surface area (TPSA) is 97.3 Å². The Morgan fingerprint density at radius 3 is 2.64 bits per heavy atom. The van der Waals surface area contributed by atoms with Gasteiger partial charge < -0.3 is 28.9 Å². The van der Waals surface area contributed by atoms with Crippen molar-refractivity contribution in [2.75, 3.05) is 64.7 Å². The van der Waals surface area contributed by atoms with Crippen LogP contribution in [0.2, 0.25) is 5.02 Å². The summed E-state index contributed by atoms with van der Waals surface area (Å²) in [5.41, 5.74) is 1.97. The van der Waals surface area contributed by atoms with Gasteiger partial charge in [-0.15, -0.1) is 10.2 Å². The highest BCUT2D eigenvalue weighted by atomic mass is 35.5. The number of hydrogen-bond donors (Lipinski definition) is 0. The Morgan fingerprint density at radius 2 is 1.85 bits per heavy atom. The van der Waals surface area contributed by atoms with Gasteiger partial charge in [0.05, 0.1) is 17.3 Å². The number of ether oxygens (including phenoxy) is 3. The molecule has 5 rings (SSSR count). The maximum atomic E-state index is 13.3. The number of carbonyl (C=O) groups is 2. The molecule has 0 aliphatic carbocycles. The van der Waals surface area contributed by atoms with Crippen molar-refractivity contribution in [1.82, 2.24) is 20.0 Å². The lowest BCUT2D eigenvalue weighted by atomic mass is 10.1. The van der Waals surface area contributed by atoms with E-state index in [2.05, 4.69) is 15.1 Å². The van der Waals surface area contributed by atoms with E-state index in [1.54, 1.807) is 30.2 Å². The predicted molar refractivity (Wildman–Crippen MR) is 146 cm³/mol. The van der Waals surface area contributed by atoms with Crippen LogP contribution in [0, 0.1) is 0 Å². The molecule has 2 amide bonds. The van der Waals surface area contributed by atoms with Crippen molar-refractivity contribution < 1.29 is 23.8 Å². The van der Waals surface area contributed by atoms with Crippen LogP contribution < -0.4 is 14.4 Å². The number of amides is 2. The number of anilines is 1. The summed E-state index contributed by atoms with van der Waals surface area (Å²) in [6.45, 7) is 3.17. The maximum Gasteiger partial charge on any atom is 0.254 e. The second-order valence-corrected chi connectivity index (χ2v) is 9.67. The molecule has 1 aromatic heterocycles. The van der Waals surface area contributed by atoms with Crippen LogP contribution in [0.5, 0.6) is 11.5 Å². The van der Waals surface area contributed by atoms with Gasteiger partial charge in [-0.1, -0.05) is 29.8 Å². The molecule has 0 N–H and O–H groups in total. The van der Waals surface area contributed by atoms with Crippen molar-refractivity contribution in [2.24, 2.45) is 0 Å². The van der Waals surface area contributed by atoms with Crippen LogP contribution in [0.15, 0.2) is 54.6 Å². The Kier molecular flexibility index (Phi) is 8.43. The molecule has 0 radical (unpaired) electrons. The van der Waals surface area contributed by atoms with Gasteiger partial charge in [0.2, 0.25) is 12.7 Å². The zero-order chi connectivity index (χ0) is 27.2. The van der Waals surface area contributed by atoms with Gasteiger partial charge >= 0.3 is 0 Å². The molecule has 2 aromatic carbocycles. The molecule has 10 nitrogen and oxygen atoms in total. The molecule has 3 aromatic rings. The minimum absolute atomic E-state index is 0.0387. The average Bonchev–Trinajstić information content (AvgIpc) is 3.30. The first kappa shape index (κ1) is 26.7. The zero-order valence-corrected chi connectivity index (χ0v) is 22.5. The highest BCUT2D eigenvalue weighted by Gasteiger charge is 2.26. The number of fused-ring (bicyclic) bond motifs is 1. The number of rotatable bonds is 8. The third kappa shape index (κ3) is 6.23. The van der Waals surface area contributed by atoms with Crippen LogP contribution in [0.1, 0.15) is 16.8 Å². The van der Waals surface area contributed by atoms with Gasteiger partial charge in [0.15, 0.2) is 17.3 Å². The summed E-state index contributed by atoms with van der Waals surface area (Å²) in [6.07, 6.45) is 0.772. The van der Waals surface area contributed by atoms with Gasteiger partial charge in [-0.05, 0) is 42.8 Å². The molecule has 2 aliphatic rings. The number of halogens is 1. The molecule has 2 aliphatic heterocycles. The first-order valence-corrected chi connectivity index (χ1v) is 13.2. The highest BCUT2D eigenvalue weighted by molar-refractivity contribution is 6.33. The number of methoxy groups -OCH3 is 1. The lowest BCUT2D eigenvalue weighted by molar-refractivity contribution is -0.131. The van der Waals surface area contributed by atoms with Crippen LogP contribution in [0.3, 0.4) is 0 Å². The average molecular weight is 552 g/mol. The van der Waals surface area contributed by atoms with E-state index in [0.29, 0.717) is 60.6 Å². The second-order valence-electron chi connectivity index (χ2n) is 9.27. The van der Waals surface area contributed by atoms with Gasteiger partial charge in [-0.25, -0.2) is 0 Å². The van der Waals surface area contributed by atoms with E-state index < -0.39 is 0 Å². The summed E-state index contributed by atoms with van der Waals surface area (Å²) in [5.74, 6) is 1.50. The summed E-state index contributed by atoms with van der Waals surface area (Å²) in [4.78, 5) is 32.1. The first-order chi connectivity index (χ1) is 19.0. The zero-order valence-electron chi connectivity index (χ0n) is 21.7. The second kappa shape index (κ2) is 12.3. The van der Waals surface area contributed by atoms with Crippen molar-refractivity contribution in [2.45, 2.75) is 6.42 Å². The number of carbonyl (C=O) groups excluding carboxylic acids is 2. The van der Waals surface area contributed by atoms with Crippen molar-refractivity contribution in [3.63, 3.8) is 0 Å². The molecule has 3 heterocycles. The van der Waals surface area contributed by atoms with Crippen molar-refractivity contribution in [1.29, 1.82) is 0 Å². The summed E-state index contributed by atoms with van der Waals surface area (Å²) >= 11 is 6.30. The van der Waals surface area contributed by atoms with Gasteiger partial charge in [0, 0.05) is 51.0 Å². The molecule has 0 unspecified atom stereocenters. The van der Waals surface area contributed by atoms with Crippen LogP contribution in [-0.2, 0) is 9.53 Å². The molecule has 0 atom stereocenters. The fourth-order valence-corrected chi connectivity index (χ4v) is 4.86. The van der Waals surface area contributed by atoms with Gasteiger partial charge in [-0.3, -0.25) is 9.59 Å². The quantitative estimate of drug-likeness (QED) is 0.420. The molecule has 0 spiro atoms. The van der Waals surface area contributed by atoms with E-state index in [1.807, 2.05) is 36.4 Å². The number of hydrogen-bond acceptors (Lipinski definition) is 8. The third-order valence-electron chi connectivity index (χ3n) is 6.77. The Labute approximate surface area is 232 Å². The molecule has 39 heavy (non-hydrogen) atoms. The molecule has 11 heteroatoms. The molecule has 0 saturated carbocycles. The van der Waals surface area contributed by atoms with E-state index >= 15 is 0 Å². The Bertz CT molecular complexity index is 1320. The summed E-state index contributed by atoms with van der Waals surface area (Å²) in [6, 6.07) is 16.4. The molecule has 1 fully saturated rings. The van der Waals surface area contributed by atoms with Crippen LogP contribution in [-0.4, -0.2) is 91.6 Å². The third-order valence-corrected chi connectivity index (χ3v) is 7.10. The van der Waals surface area contributed by atoms with Crippen LogP contribution >= 0.6 is 11.6 Å². The normalized spacial score (nSPS) is 14.7. The first-order valence-electron chi connectivity index (χ1n) is 12.8. The van der Waals surface area contributed by atoms with Crippen molar-refractivity contribution in [3.8, 4) is 22.8 Å². The summed E-state index contributed by atoms with van der Waals surface area (Å²) in [5, 5.41) is 9.43. The van der Waals surface area contributed by atoms with Gasteiger partial charge in [0.25, 0.3) is 5.91 Å². The lowest BCUT2D eigenvalue weighted by Crippen LogP contribution is -2.45. The van der Waals surface area contributed by atoms with Crippen LogP contribution in [0.4, 0.5) is 5.82 Å². The molecule has 1 saturated heterocycles. The van der Waals surface area contributed by atoms with E-state index in [-0.39, 0.29) is 25.2 Å². The maximum absolute atomic E-state index is 13.3. The lowest BCUT2D eigenvalue weighted by Gasteiger charge is -2.27. The standard InChI is InChI=1S/C28H30ClN5O5/c1-37-16-15-34(28(36)20-7-9-24-25(17-20)39-19-38-24)18-27(35)33-12-4-11-32(13-14-33)26-10-8-23(30-31-26)21-5-2-3-6-22(21)29/h2-3,5-10,17H,4,11-16,18-19H2,1H3. The van der Waals surface area contributed by atoms with Crippen molar-refractivity contribution >= 4 is 29.2 Å². The van der Waals surface area contributed by atoms with E-state index in [1.165, 1.54) is 4.90 Å². The smallest absolute Gasteiger partial charge is 0.254 e. The number of aromatic nitrogens is 2. The number of nitrogens with zero attached hydrogens (tertiary/aromatic N) is 5. The number of benzene rings is 2. The van der Waals surface area contributed by atoms with Gasteiger partial charge in [0.1, 0.15) is 6.54 Å². The Morgan fingerprint density at radius 1 is 1.00 bits per heavy atom. The molecule has 0 bridgehead atoms. The highest BCUT2D eigenvalue weighted by Crippen LogP contribution is 2.33. The molecular weight excluding hydrogens is 522 g/mol. The monoisotopic (exact) mass is 551 g/mol. The van der Waals surface area contributed by atoms with E-state index in [4.69, 9.17) is 25.8 Å². The predicted octanol–water partition coefficient (Wildman–Crippen LogP) is 3.35.